The van der Waals surface area contributed by atoms with E-state index in [-0.39, 0.29) is 22.5 Å². The first-order chi connectivity index (χ1) is 10.9. The lowest BCUT2D eigenvalue weighted by Crippen LogP contribution is -2.27. The first-order valence-electron chi connectivity index (χ1n) is 7.60. The van der Waals surface area contributed by atoms with Gasteiger partial charge in [-0.25, -0.2) is 8.42 Å². The number of carbonyl (C=O) groups is 1. The predicted molar refractivity (Wildman–Crippen MR) is 91.4 cm³/mol. The van der Waals surface area contributed by atoms with Gasteiger partial charge in [0.15, 0.2) is 9.84 Å². The molecule has 5 heteroatoms. The van der Waals surface area contributed by atoms with Crippen molar-refractivity contribution in [2.75, 3.05) is 12.3 Å². The van der Waals surface area contributed by atoms with Gasteiger partial charge >= 0.3 is 0 Å². The SMILES string of the molecule is CCS(=O)(=O)c1ccc(C(=O)NC[C@H](C)c2ccccc2)cc1. The van der Waals surface area contributed by atoms with Gasteiger partial charge in [-0.15, -0.1) is 0 Å². The van der Waals surface area contributed by atoms with Gasteiger partial charge < -0.3 is 5.32 Å². The molecule has 122 valence electrons. The van der Waals surface area contributed by atoms with E-state index in [4.69, 9.17) is 0 Å². The molecule has 0 aliphatic rings. The fourth-order valence-electron chi connectivity index (χ4n) is 2.23. The van der Waals surface area contributed by atoms with Crippen molar-refractivity contribution in [1.29, 1.82) is 0 Å². The highest BCUT2D eigenvalue weighted by Gasteiger charge is 2.13. The maximum Gasteiger partial charge on any atom is 0.251 e. The Hall–Kier alpha value is -2.14. The standard InChI is InChI=1S/C18H21NO3S/c1-3-23(21,22)17-11-9-16(10-12-17)18(20)19-13-14(2)15-7-5-4-6-8-15/h4-12,14H,3,13H2,1-2H3,(H,19,20)/t14-/m0/s1. The van der Waals surface area contributed by atoms with Gasteiger partial charge in [0.2, 0.25) is 0 Å². The van der Waals surface area contributed by atoms with Crippen molar-refractivity contribution < 1.29 is 13.2 Å². The minimum absolute atomic E-state index is 0.0487. The van der Waals surface area contributed by atoms with Gasteiger partial charge in [-0.1, -0.05) is 44.2 Å². The fraction of sp³-hybridized carbons (Fsp3) is 0.278. The van der Waals surface area contributed by atoms with Crippen LogP contribution in [0.15, 0.2) is 59.5 Å². The number of nitrogens with one attached hydrogen (secondary N) is 1. The Labute approximate surface area is 137 Å². The van der Waals surface area contributed by atoms with E-state index in [0.717, 1.165) is 5.56 Å². The van der Waals surface area contributed by atoms with Crippen LogP contribution in [0.1, 0.15) is 35.7 Å². The summed E-state index contributed by atoms with van der Waals surface area (Å²) < 4.78 is 23.5. The number of sulfone groups is 1. The molecule has 1 N–H and O–H groups in total. The van der Waals surface area contributed by atoms with Gasteiger partial charge in [0.1, 0.15) is 0 Å². The Bertz CT molecular complexity index is 753. The normalized spacial score (nSPS) is 12.6. The zero-order chi connectivity index (χ0) is 16.9. The molecule has 23 heavy (non-hydrogen) atoms. The van der Waals surface area contributed by atoms with E-state index in [1.54, 1.807) is 19.1 Å². The molecule has 0 heterocycles. The minimum Gasteiger partial charge on any atom is -0.351 e. The molecule has 0 aromatic heterocycles. The second-order valence-electron chi connectivity index (χ2n) is 5.45. The lowest BCUT2D eigenvalue weighted by molar-refractivity contribution is 0.0951. The maximum absolute atomic E-state index is 12.2. The van der Waals surface area contributed by atoms with Gasteiger partial charge in [-0.05, 0) is 35.7 Å². The largest absolute Gasteiger partial charge is 0.351 e. The molecule has 1 amide bonds. The van der Waals surface area contributed by atoms with Crippen molar-refractivity contribution in [3.8, 4) is 0 Å². The molecule has 4 nitrogen and oxygen atoms in total. The van der Waals surface area contributed by atoms with E-state index in [0.29, 0.717) is 12.1 Å². The number of rotatable bonds is 6. The van der Waals surface area contributed by atoms with Crippen LogP contribution in [0.4, 0.5) is 0 Å². The van der Waals surface area contributed by atoms with Gasteiger partial charge in [0.05, 0.1) is 10.6 Å². The summed E-state index contributed by atoms with van der Waals surface area (Å²) in [6.45, 7) is 4.17. The molecule has 0 aliphatic heterocycles. The Kier molecular flexibility index (Phi) is 5.55. The quantitative estimate of drug-likeness (QED) is 0.885. The molecule has 0 saturated heterocycles. The van der Waals surface area contributed by atoms with Gasteiger partial charge in [0.25, 0.3) is 5.91 Å². The van der Waals surface area contributed by atoms with E-state index >= 15 is 0 Å². The second-order valence-corrected chi connectivity index (χ2v) is 7.73. The molecule has 2 aromatic rings. The summed E-state index contributed by atoms with van der Waals surface area (Å²) >= 11 is 0. The molecular formula is C18H21NO3S. The molecule has 2 rings (SSSR count). The van der Waals surface area contributed by atoms with Crippen molar-refractivity contribution in [2.45, 2.75) is 24.7 Å². The van der Waals surface area contributed by atoms with E-state index in [2.05, 4.69) is 5.32 Å². The zero-order valence-corrected chi connectivity index (χ0v) is 14.1. The number of amides is 1. The highest BCUT2D eigenvalue weighted by atomic mass is 32.2. The van der Waals surface area contributed by atoms with E-state index in [1.807, 2.05) is 37.3 Å². The van der Waals surface area contributed by atoms with Crippen LogP contribution in [0.3, 0.4) is 0 Å². The first-order valence-corrected chi connectivity index (χ1v) is 9.25. The van der Waals surface area contributed by atoms with Crippen LogP contribution in [0.25, 0.3) is 0 Å². The number of benzene rings is 2. The molecule has 0 saturated carbocycles. The summed E-state index contributed by atoms with van der Waals surface area (Å²) in [5.41, 5.74) is 1.62. The third-order valence-electron chi connectivity index (χ3n) is 3.79. The van der Waals surface area contributed by atoms with Crippen molar-refractivity contribution in [3.05, 3.63) is 65.7 Å². The van der Waals surface area contributed by atoms with Crippen molar-refractivity contribution >= 4 is 15.7 Å². The molecule has 0 fully saturated rings. The summed E-state index contributed by atoms with van der Waals surface area (Å²) in [4.78, 5) is 12.4. The molecule has 0 bridgehead atoms. The molecule has 0 unspecified atom stereocenters. The van der Waals surface area contributed by atoms with Crippen LogP contribution in [0, 0.1) is 0 Å². The predicted octanol–water partition coefficient (Wildman–Crippen LogP) is 3.01. The van der Waals surface area contributed by atoms with Gasteiger partial charge in [-0.2, -0.15) is 0 Å². The summed E-state index contributed by atoms with van der Waals surface area (Å²) in [6.07, 6.45) is 0. The van der Waals surface area contributed by atoms with E-state index in [9.17, 15) is 13.2 Å². The van der Waals surface area contributed by atoms with Gasteiger partial charge in [-0.3, -0.25) is 4.79 Å². The smallest absolute Gasteiger partial charge is 0.251 e. The molecular weight excluding hydrogens is 310 g/mol. The van der Waals surface area contributed by atoms with Crippen LogP contribution in [0.2, 0.25) is 0 Å². The first kappa shape index (κ1) is 17.2. The Morgan fingerprint density at radius 3 is 2.22 bits per heavy atom. The summed E-state index contributed by atoms with van der Waals surface area (Å²) in [5.74, 6) is 0.0563. The van der Waals surface area contributed by atoms with Crippen LogP contribution < -0.4 is 5.32 Å². The summed E-state index contributed by atoms with van der Waals surface area (Å²) in [6, 6.07) is 16.0. The maximum atomic E-state index is 12.2. The third kappa shape index (κ3) is 4.42. The number of hydrogen-bond acceptors (Lipinski definition) is 3. The number of carbonyl (C=O) groups excluding carboxylic acids is 1. The average Bonchev–Trinajstić information content (AvgIpc) is 2.60. The van der Waals surface area contributed by atoms with E-state index in [1.165, 1.54) is 12.1 Å². The Morgan fingerprint density at radius 1 is 1.04 bits per heavy atom. The minimum atomic E-state index is -3.23. The molecule has 0 spiro atoms. The topological polar surface area (TPSA) is 63.2 Å². The van der Waals surface area contributed by atoms with Crippen LogP contribution >= 0.6 is 0 Å². The van der Waals surface area contributed by atoms with Gasteiger partial charge in [0, 0.05) is 12.1 Å². The molecule has 1 atom stereocenters. The fourth-order valence-corrected chi connectivity index (χ4v) is 3.11. The van der Waals surface area contributed by atoms with Crippen LogP contribution in [-0.2, 0) is 9.84 Å². The molecule has 0 aliphatic carbocycles. The molecule has 2 aromatic carbocycles. The van der Waals surface area contributed by atoms with Crippen molar-refractivity contribution in [2.24, 2.45) is 0 Å². The summed E-state index contributed by atoms with van der Waals surface area (Å²) in [7, 11) is -3.23. The monoisotopic (exact) mass is 331 g/mol. The molecule has 0 radical (unpaired) electrons. The summed E-state index contributed by atoms with van der Waals surface area (Å²) in [5, 5.41) is 2.88. The lowest BCUT2D eigenvalue weighted by Gasteiger charge is -2.13. The van der Waals surface area contributed by atoms with Crippen molar-refractivity contribution in [3.63, 3.8) is 0 Å². The van der Waals surface area contributed by atoms with Crippen molar-refractivity contribution in [1.82, 2.24) is 5.32 Å². The van der Waals surface area contributed by atoms with Crippen LogP contribution in [-0.4, -0.2) is 26.6 Å². The Morgan fingerprint density at radius 2 is 1.65 bits per heavy atom. The number of hydrogen-bond donors (Lipinski definition) is 1. The second kappa shape index (κ2) is 7.42. The highest BCUT2D eigenvalue weighted by molar-refractivity contribution is 7.91. The highest BCUT2D eigenvalue weighted by Crippen LogP contribution is 2.14. The average molecular weight is 331 g/mol. The third-order valence-corrected chi connectivity index (χ3v) is 5.54. The zero-order valence-electron chi connectivity index (χ0n) is 13.3. The lowest BCUT2D eigenvalue weighted by atomic mass is 10.0. The van der Waals surface area contributed by atoms with Crippen LogP contribution in [0.5, 0.6) is 0 Å². The van der Waals surface area contributed by atoms with E-state index < -0.39 is 9.84 Å². The Balaban J connectivity index is 1.99.